The molecule has 0 saturated carbocycles. The normalized spacial score (nSPS) is 20.4. The zero-order chi connectivity index (χ0) is 14.1. The summed E-state index contributed by atoms with van der Waals surface area (Å²) >= 11 is 0. The van der Waals surface area contributed by atoms with Crippen LogP contribution >= 0.6 is 0 Å². The van der Waals surface area contributed by atoms with Crippen molar-refractivity contribution in [2.45, 2.75) is 20.3 Å². The van der Waals surface area contributed by atoms with Crippen LogP contribution < -0.4 is 5.32 Å². The van der Waals surface area contributed by atoms with Crippen LogP contribution in [0.25, 0.3) is 0 Å². The van der Waals surface area contributed by atoms with Crippen LogP contribution in [0.1, 0.15) is 20.3 Å². The van der Waals surface area contributed by atoms with E-state index in [0.717, 1.165) is 32.2 Å². The molecule has 1 rings (SSSR count). The second kappa shape index (κ2) is 9.15. The van der Waals surface area contributed by atoms with E-state index in [9.17, 15) is 0 Å². The van der Waals surface area contributed by atoms with E-state index in [0.29, 0.717) is 25.0 Å². The second-order valence-electron chi connectivity index (χ2n) is 5.49. The highest BCUT2D eigenvalue weighted by Crippen LogP contribution is 2.16. The fraction of sp³-hybridized carbons (Fsp3) is 0.929. The molecule has 1 unspecified atom stereocenters. The van der Waals surface area contributed by atoms with Gasteiger partial charge in [0.2, 0.25) is 0 Å². The van der Waals surface area contributed by atoms with Crippen LogP contribution in [0.4, 0.5) is 0 Å². The van der Waals surface area contributed by atoms with E-state index in [1.54, 1.807) is 7.11 Å². The van der Waals surface area contributed by atoms with E-state index in [2.05, 4.69) is 29.1 Å². The average molecular weight is 271 g/mol. The minimum atomic E-state index is 0.606. The maximum atomic E-state index is 5.61. The monoisotopic (exact) mass is 271 g/mol. The summed E-state index contributed by atoms with van der Waals surface area (Å²) in [6, 6.07) is 0. The van der Waals surface area contributed by atoms with Gasteiger partial charge in [-0.15, -0.1) is 0 Å². The molecule has 0 aromatic carbocycles. The Kier molecular flexibility index (Phi) is 7.82. The third-order valence-corrected chi connectivity index (χ3v) is 3.25. The first kappa shape index (κ1) is 16.2. The summed E-state index contributed by atoms with van der Waals surface area (Å²) in [5, 5.41) is 3.42. The maximum absolute atomic E-state index is 5.61. The molecular formula is C14H29N3O2. The number of nitrogens with one attached hydrogen (secondary N) is 1. The molecule has 0 aromatic rings. The number of hydrogen-bond donors (Lipinski definition) is 1. The molecule has 19 heavy (non-hydrogen) atoms. The van der Waals surface area contributed by atoms with Crippen molar-refractivity contribution in [3.05, 3.63) is 0 Å². The van der Waals surface area contributed by atoms with Crippen molar-refractivity contribution in [3.8, 4) is 0 Å². The lowest BCUT2D eigenvalue weighted by Crippen LogP contribution is -2.41. The van der Waals surface area contributed by atoms with Gasteiger partial charge in [0, 0.05) is 39.7 Å². The van der Waals surface area contributed by atoms with Crippen molar-refractivity contribution < 1.29 is 9.47 Å². The van der Waals surface area contributed by atoms with Gasteiger partial charge in [0.15, 0.2) is 5.96 Å². The minimum Gasteiger partial charge on any atom is -0.382 e. The maximum Gasteiger partial charge on any atom is 0.193 e. The highest BCUT2D eigenvalue weighted by Gasteiger charge is 2.24. The van der Waals surface area contributed by atoms with Crippen LogP contribution in [0.5, 0.6) is 0 Å². The molecule has 1 fully saturated rings. The smallest absolute Gasteiger partial charge is 0.193 e. The Morgan fingerprint density at radius 1 is 1.42 bits per heavy atom. The van der Waals surface area contributed by atoms with Gasteiger partial charge in [-0.3, -0.25) is 4.99 Å². The van der Waals surface area contributed by atoms with E-state index in [1.807, 2.05) is 7.05 Å². The summed E-state index contributed by atoms with van der Waals surface area (Å²) in [5.74, 6) is 2.26. The SMILES string of the molecule is CN=C(NCC(C)C)N1CCC(COCCOC)C1. The van der Waals surface area contributed by atoms with Gasteiger partial charge < -0.3 is 19.7 Å². The first-order valence-electron chi connectivity index (χ1n) is 7.19. The number of rotatable bonds is 7. The standard InChI is InChI=1S/C14H29N3O2/c1-12(2)9-16-14(15-3)17-6-5-13(10-17)11-19-8-7-18-4/h12-13H,5-11H2,1-4H3,(H,15,16). The summed E-state index contributed by atoms with van der Waals surface area (Å²) in [6.45, 7) is 9.66. The minimum absolute atomic E-state index is 0.606. The van der Waals surface area contributed by atoms with Gasteiger partial charge in [0.25, 0.3) is 0 Å². The first-order valence-corrected chi connectivity index (χ1v) is 7.19. The molecule has 5 nitrogen and oxygen atoms in total. The average Bonchev–Trinajstić information content (AvgIpc) is 2.84. The molecule has 112 valence electrons. The number of nitrogens with zero attached hydrogens (tertiary/aromatic N) is 2. The predicted octanol–water partition coefficient (Wildman–Crippen LogP) is 1.20. The third-order valence-electron chi connectivity index (χ3n) is 3.25. The molecule has 5 heteroatoms. The second-order valence-corrected chi connectivity index (χ2v) is 5.49. The van der Waals surface area contributed by atoms with Crippen molar-refractivity contribution in [3.63, 3.8) is 0 Å². The molecule has 0 aliphatic carbocycles. The van der Waals surface area contributed by atoms with Crippen molar-refractivity contribution in [1.29, 1.82) is 0 Å². The molecule has 1 heterocycles. The Morgan fingerprint density at radius 2 is 2.21 bits per heavy atom. The molecule has 0 bridgehead atoms. The Morgan fingerprint density at radius 3 is 2.84 bits per heavy atom. The Balaban J connectivity index is 2.25. The fourth-order valence-corrected chi connectivity index (χ4v) is 2.18. The molecule has 0 radical (unpaired) electrons. The quantitative estimate of drug-likeness (QED) is 0.429. The van der Waals surface area contributed by atoms with Gasteiger partial charge in [-0.2, -0.15) is 0 Å². The fourth-order valence-electron chi connectivity index (χ4n) is 2.18. The Bertz CT molecular complexity index is 269. The van der Waals surface area contributed by atoms with Crippen LogP contribution in [0, 0.1) is 11.8 Å². The van der Waals surface area contributed by atoms with E-state index >= 15 is 0 Å². The highest BCUT2D eigenvalue weighted by molar-refractivity contribution is 5.80. The van der Waals surface area contributed by atoms with E-state index in [4.69, 9.17) is 9.47 Å². The third kappa shape index (κ3) is 6.25. The highest BCUT2D eigenvalue weighted by atomic mass is 16.5. The van der Waals surface area contributed by atoms with Crippen LogP contribution in [0.3, 0.4) is 0 Å². The number of aliphatic imine (C=N–C) groups is 1. The lowest BCUT2D eigenvalue weighted by atomic mass is 10.1. The number of ether oxygens (including phenoxy) is 2. The molecule has 0 spiro atoms. The van der Waals surface area contributed by atoms with Crippen molar-refractivity contribution in [2.24, 2.45) is 16.8 Å². The van der Waals surface area contributed by atoms with E-state index in [1.165, 1.54) is 6.42 Å². The summed E-state index contributed by atoms with van der Waals surface area (Å²) in [7, 11) is 3.55. The van der Waals surface area contributed by atoms with E-state index < -0.39 is 0 Å². The summed E-state index contributed by atoms with van der Waals surface area (Å²) in [6.07, 6.45) is 1.18. The van der Waals surface area contributed by atoms with Gasteiger partial charge in [0.05, 0.1) is 19.8 Å². The molecule has 1 saturated heterocycles. The lowest BCUT2D eigenvalue weighted by Gasteiger charge is -2.22. The Hall–Kier alpha value is -0.810. The molecule has 0 aromatic heterocycles. The number of hydrogen-bond acceptors (Lipinski definition) is 3. The van der Waals surface area contributed by atoms with Crippen molar-refractivity contribution >= 4 is 5.96 Å². The first-order chi connectivity index (χ1) is 9.17. The van der Waals surface area contributed by atoms with Crippen LogP contribution in [0.2, 0.25) is 0 Å². The van der Waals surface area contributed by atoms with Crippen LogP contribution in [-0.2, 0) is 9.47 Å². The van der Waals surface area contributed by atoms with Gasteiger partial charge >= 0.3 is 0 Å². The summed E-state index contributed by atoms with van der Waals surface area (Å²) in [4.78, 5) is 6.68. The number of likely N-dealkylation sites (tertiary alicyclic amines) is 1. The summed E-state index contributed by atoms with van der Waals surface area (Å²) in [5.41, 5.74) is 0. The summed E-state index contributed by atoms with van der Waals surface area (Å²) < 4.78 is 10.6. The lowest BCUT2D eigenvalue weighted by molar-refractivity contribution is 0.0536. The van der Waals surface area contributed by atoms with Crippen LogP contribution in [-0.4, -0.2) is 64.5 Å². The topological polar surface area (TPSA) is 46.1 Å². The zero-order valence-electron chi connectivity index (χ0n) is 12.8. The zero-order valence-corrected chi connectivity index (χ0v) is 12.8. The number of guanidine groups is 1. The van der Waals surface area contributed by atoms with Gasteiger partial charge in [-0.05, 0) is 12.3 Å². The van der Waals surface area contributed by atoms with Gasteiger partial charge in [0.1, 0.15) is 0 Å². The molecule has 1 atom stereocenters. The van der Waals surface area contributed by atoms with Gasteiger partial charge in [-0.25, -0.2) is 0 Å². The van der Waals surface area contributed by atoms with Crippen molar-refractivity contribution in [1.82, 2.24) is 10.2 Å². The Labute approximate surface area is 117 Å². The van der Waals surface area contributed by atoms with Crippen molar-refractivity contribution in [2.75, 3.05) is 53.6 Å². The predicted molar refractivity (Wildman–Crippen MR) is 78.6 cm³/mol. The van der Waals surface area contributed by atoms with Crippen LogP contribution in [0.15, 0.2) is 4.99 Å². The van der Waals surface area contributed by atoms with Gasteiger partial charge in [-0.1, -0.05) is 13.8 Å². The molecule has 0 amide bonds. The molecule has 1 aliphatic rings. The molecular weight excluding hydrogens is 242 g/mol. The van der Waals surface area contributed by atoms with E-state index in [-0.39, 0.29) is 0 Å². The number of methoxy groups -OCH3 is 1. The molecule has 1 aliphatic heterocycles. The molecule has 1 N–H and O–H groups in total. The largest absolute Gasteiger partial charge is 0.382 e.